The molecule has 0 aliphatic rings. The SMILES string of the molecule is CCc1cc(Nc2nc(C)c(C)nc2Cl)ccc1C. The number of anilines is 2. The van der Waals surface area contributed by atoms with Crippen LogP contribution in [0.3, 0.4) is 0 Å². The van der Waals surface area contributed by atoms with Crippen molar-refractivity contribution in [2.24, 2.45) is 0 Å². The van der Waals surface area contributed by atoms with Gasteiger partial charge in [0.2, 0.25) is 0 Å². The molecule has 1 heterocycles. The summed E-state index contributed by atoms with van der Waals surface area (Å²) in [5, 5.41) is 3.64. The highest BCUT2D eigenvalue weighted by molar-refractivity contribution is 6.31. The lowest BCUT2D eigenvalue weighted by atomic mass is 10.1. The van der Waals surface area contributed by atoms with Crippen LogP contribution in [0.15, 0.2) is 18.2 Å². The topological polar surface area (TPSA) is 37.8 Å². The molecule has 0 bridgehead atoms. The maximum absolute atomic E-state index is 6.12. The van der Waals surface area contributed by atoms with Gasteiger partial charge in [0.15, 0.2) is 11.0 Å². The Labute approximate surface area is 119 Å². The van der Waals surface area contributed by atoms with Crippen LogP contribution in [0.4, 0.5) is 11.5 Å². The first-order valence-corrected chi connectivity index (χ1v) is 6.76. The number of rotatable bonds is 3. The van der Waals surface area contributed by atoms with Gasteiger partial charge in [0.05, 0.1) is 11.4 Å². The Morgan fingerprint density at radius 3 is 2.47 bits per heavy atom. The number of hydrogen-bond donors (Lipinski definition) is 1. The minimum atomic E-state index is 0.404. The average Bonchev–Trinajstić information content (AvgIpc) is 2.38. The summed E-state index contributed by atoms with van der Waals surface area (Å²) >= 11 is 6.12. The summed E-state index contributed by atoms with van der Waals surface area (Å²) in [6.07, 6.45) is 1.01. The van der Waals surface area contributed by atoms with Gasteiger partial charge in [0.1, 0.15) is 0 Å². The highest BCUT2D eigenvalue weighted by atomic mass is 35.5. The Morgan fingerprint density at radius 2 is 1.79 bits per heavy atom. The highest BCUT2D eigenvalue weighted by Crippen LogP contribution is 2.24. The van der Waals surface area contributed by atoms with Crippen molar-refractivity contribution in [1.29, 1.82) is 0 Å². The molecule has 2 aromatic rings. The van der Waals surface area contributed by atoms with Crippen LogP contribution in [-0.4, -0.2) is 9.97 Å². The first-order valence-electron chi connectivity index (χ1n) is 6.38. The van der Waals surface area contributed by atoms with Crippen LogP contribution in [0.2, 0.25) is 5.15 Å². The molecule has 0 spiro atoms. The lowest BCUT2D eigenvalue weighted by Gasteiger charge is -2.11. The third-order valence-corrected chi connectivity index (χ3v) is 3.52. The monoisotopic (exact) mass is 275 g/mol. The predicted octanol–water partition coefficient (Wildman–Crippen LogP) is 4.36. The van der Waals surface area contributed by atoms with Gasteiger partial charge >= 0.3 is 0 Å². The maximum atomic E-state index is 6.12. The fourth-order valence-corrected chi connectivity index (χ4v) is 2.14. The predicted molar refractivity (Wildman–Crippen MR) is 80.4 cm³/mol. The summed E-state index contributed by atoms with van der Waals surface area (Å²) in [4.78, 5) is 8.71. The molecule has 0 aliphatic carbocycles. The molecule has 0 amide bonds. The van der Waals surface area contributed by atoms with Crippen LogP contribution >= 0.6 is 11.6 Å². The lowest BCUT2D eigenvalue weighted by molar-refractivity contribution is 1.05. The van der Waals surface area contributed by atoms with Gasteiger partial charge in [-0.1, -0.05) is 24.6 Å². The second-order valence-corrected chi connectivity index (χ2v) is 5.01. The van der Waals surface area contributed by atoms with Crippen LogP contribution in [0.1, 0.15) is 29.4 Å². The molecule has 1 aromatic heterocycles. The molecule has 0 unspecified atom stereocenters. The van der Waals surface area contributed by atoms with E-state index in [-0.39, 0.29) is 0 Å². The number of halogens is 1. The van der Waals surface area contributed by atoms with Crippen molar-refractivity contribution in [3.05, 3.63) is 45.9 Å². The molecule has 19 heavy (non-hydrogen) atoms. The summed E-state index contributed by atoms with van der Waals surface area (Å²) < 4.78 is 0. The fourth-order valence-electron chi connectivity index (χ4n) is 1.92. The molecule has 1 aromatic carbocycles. The van der Waals surface area contributed by atoms with E-state index in [1.165, 1.54) is 11.1 Å². The molecule has 0 saturated heterocycles. The third-order valence-electron chi connectivity index (χ3n) is 3.26. The van der Waals surface area contributed by atoms with Crippen molar-refractivity contribution in [3.63, 3.8) is 0 Å². The highest BCUT2D eigenvalue weighted by Gasteiger charge is 2.08. The lowest BCUT2D eigenvalue weighted by Crippen LogP contribution is -2.01. The molecule has 0 atom stereocenters. The summed E-state index contributed by atoms with van der Waals surface area (Å²) in [6, 6.07) is 6.26. The summed E-state index contributed by atoms with van der Waals surface area (Å²) in [5.74, 6) is 0.607. The smallest absolute Gasteiger partial charge is 0.172 e. The van der Waals surface area contributed by atoms with E-state index in [1.807, 2.05) is 19.9 Å². The minimum absolute atomic E-state index is 0.404. The van der Waals surface area contributed by atoms with Gasteiger partial charge in [-0.05, 0) is 50.5 Å². The van der Waals surface area contributed by atoms with E-state index in [9.17, 15) is 0 Å². The van der Waals surface area contributed by atoms with Gasteiger partial charge in [0.25, 0.3) is 0 Å². The molecule has 0 fully saturated rings. The average molecular weight is 276 g/mol. The first kappa shape index (κ1) is 13.8. The van der Waals surface area contributed by atoms with E-state index in [0.29, 0.717) is 11.0 Å². The number of hydrogen-bond acceptors (Lipinski definition) is 3. The standard InChI is InChI=1S/C15H18ClN3/c1-5-12-8-13(7-6-9(12)2)19-15-14(16)17-10(3)11(4)18-15/h6-8H,5H2,1-4H3,(H,18,19). The Balaban J connectivity index is 2.33. The number of aryl methyl sites for hydroxylation is 4. The largest absolute Gasteiger partial charge is 0.338 e. The molecule has 2 rings (SSSR count). The van der Waals surface area contributed by atoms with E-state index in [1.54, 1.807) is 0 Å². The van der Waals surface area contributed by atoms with E-state index in [0.717, 1.165) is 23.5 Å². The van der Waals surface area contributed by atoms with Gasteiger partial charge < -0.3 is 5.32 Å². The van der Waals surface area contributed by atoms with E-state index in [2.05, 4.69) is 41.3 Å². The molecule has 4 heteroatoms. The van der Waals surface area contributed by atoms with E-state index >= 15 is 0 Å². The Hall–Kier alpha value is -1.61. The Kier molecular flexibility index (Phi) is 4.05. The molecule has 0 radical (unpaired) electrons. The Morgan fingerprint density at radius 1 is 1.11 bits per heavy atom. The fraction of sp³-hybridized carbons (Fsp3) is 0.333. The normalized spacial score (nSPS) is 10.6. The zero-order valence-corrected chi connectivity index (χ0v) is 12.5. The van der Waals surface area contributed by atoms with Crippen LogP contribution in [0.25, 0.3) is 0 Å². The van der Waals surface area contributed by atoms with Gasteiger partial charge in [-0.25, -0.2) is 9.97 Å². The van der Waals surface area contributed by atoms with Crippen molar-refractivity contribution in [2.45, 2.75) is 34.1 Å². The van der Waals surface area contributed by atoms with Gasteiger partial charge in [0, 0.05) is 5.69 Å². The van der Waals surface area contributed by atoms with Crippen molar-refractivity contribution in [2.75, 3.05) is 5.32 Å². The summed E-state index contributed by atoms with van der Waals surface area (Å²) in [6.45, 7) is 8.09. The second-order valence-electron chi connectivity index (χ2n) is 4.65. The molecule has 1 N–H and O–H groups in total. The Bertz CT molecular complexity index is 609. The second kappa shape index (κ2) is 5.57. The van der Waals surface area contributed by atoms with Crippen LogP contribution < -0.4 is 5.32 Å². The van der Waals surface area contributed by atoms with Gasteiger partial charge in [-0.15, -0.1) is 0 Å². The summed E-state index contributed by atoms with van der Waals surface area (Å²) in [5.41, 5.74) is 5.34. The van der Waals surface area contributed by atoms with Crippen LogP contribution in [0.5, 0.6) is 0 Å². The van der Waals surface area contributed by atoms with Gasteiger partial charge in [-0.3, -0.25) is 0 Å². The number of benzene rings is 1. The zero-order valence-electron chi connectivity index (χ0n) is 11.7. The first-order chi connectivity index (χ1) is 9.01. The summed E-state index contributed by atoms with van der Waals surface area (Å²) in [7, 11) is 0. The van der Waals surface area contributed by atoms with Crippen molar-refractivity contribution < 1.29 is 0 Å². The molecule has 100 valence electrons. The van der Waals surface area contributed by atoms with E-state index < -0.39 is 0 Å². The number of nitrogens with one attached hydrogen (secondary N) is 1. The van der Waals surface area contributed by atoms with Crippen LogP contribution in [-0.2, 0) is 6.42 Å². The van der Waals surface area contributed by atoms with Crippen LogP contribution in [0, 0.1) is 20.8 Å². The molecular weight excluding hydrogens is 258 g/mol. The van der Waals surface area contributed by atoms with Gasteiger partial charge in [-0.2, -0.15) is 0 Å². The maximum Gasteiger partial charge on any atom is 0.172 e. The minimum Gasteiger partial charge on any atom is -0.338 e. The third kappa shape index (κ3) is 3.04. The van der Waals surface area contributed by atoms with Crippen molar-refractivity contribution in [1.82, 2.24) is 9.97 Å². The zero-order chi connectivity index (χ0) is 14.0. The van der Waals surface area contributed by atoms with Crippen molar-refractivity contribution in [3.8, 4) is 0 Å². The molecular formula is C15H18ClN3. The quantitative estimate of drug-likeness (QED) is 0.904. The molecule has 0 saturated carbocycles. The molecule has 3 nitrogen and oxygen atoms in total. The number of aromatic nitrogens is 2. The number of nitrogens with zero attached hydrogens (tertiary/aromatic N) is 2. The molecule has 0 aliphatic heterocycles. The van der Waals surface area contributed by atoms with E-state index in [4.69, 9.17) is 11.6 Å². The van der Waals surface area contributed by atoms with Crippen molar-refractivity contribution >= 4 is 23.1 Å².